The van der Waals surface area contributed by atoms with Gasteiger partial charge in [0.2, 0.25) is 0 Å². The molecule has 1 atom stereocenters. The molecule has 2 aromatic carbocycles. The number of aliphatic hydroxyl groups excluding tert-OH is 1. The Kier molecular flexibility index (Phi) is 5.31. The number of aromatic nitrogens is 1. The van der Waals surface area contributed by atoms with Gasteiger partial charge in [0.05, 0.1) is 22.2 Å². The molecule has 1 amide bonds. The normalized spacial score (nSPS) is 17.7. The van der Waals surface area contributed by atoms with Gasteiger partial charge in [0.15, 0.2) is 5.13 Å². The minimum atomic E-state index is -1.06. The second-order valence-electron chi connectivity index (χ2n) is 7.16. The van der Waals surface area contributed by atoms with Crippen molar-refractivity contribution in [1.29, 1.82) is 0 Å². The van der Waals surface area contributed by atoms with Gasteiger partial charge < -0.3 is 5.11 Å². The molecule has 0 spiro atoms. The van der Waals surface area contributed by atoms with Crippen molar-refractivity contribution in [2.45, 2.75) is 19.9 Å². The van der Waals surface area contributed by atoms with Crippen molar-refractivity contribution in [2.24, 2.45) is 0 Å². The smallest absolute Gasteiger partial charge is 0.301 e. The molecule has 1 saturated heterocycles. The van der Waals surface area contributed by atoms with Crippen LogP contribution in [0.3, 0.4) is 0 Å². The number of carbonyl (C=O) groups excluding carboxylic acids is 2. The van der Waals surface area contributed by atoms with E-state index in [4.69, 9.17) is 0 Å². The predicted octanol–water partition coefficient (Wildman–Crippen LogP) is 4.43. The van der Waals surface area contributed by atoms with Gasteiger partial charge in [-0.05, 0) is 55.8 Å². The summed E-state index contributed by atoms with van der Waals surface area (Å²) < 4.78 is 13.3. The van der Waals surface area contributed by atoms with E-state index in [0.717, 1.165) is 17.0 Å². The summed E-state index contributed by atoms with van der Waals surface area (Å²) in [7, 11) is 0. The maximum Gasteiger partial charge on any atom is 0.301 e. The SMILES string of the molecule is Cc1nc(N2C(=O)C(=O)/C(=C(\O)c3ccc(F)cc3)C2c2ccc([N+](=O)[O-])cc2)sc1C. The monoisotopic (exact) mass is 453 g/mol. The standard InChI is InChI=1S/C22H16FN3O5S/c1-11-12(2)32-22(24-11)25-18(13-5-9-16(10-6-13)26(30)31)17(20(28)21(25)29)19(27)14-3-7-15(23)8-4-14/h3-10,18,27H,1-2H3/b19-17-. The van der Waals surface area contributed by atoms with E-state index in [9.17, 15) is 29.2 Å². The number of amides is 1. The second-order valence-corrected chi connectivity index (χ2v) is 8.34. The number of hydrogen-bond acceptors (Lipinski definition) is 7. The summed E-state index contributed by atoms with van der Waals surface area (Å²) in [4.78, 5) is 42.9. The molecular formula is C22H16FN3O5S. The van der Waals surface area contributed by atoms with Crippen molar-refractivity contribution in [3.8, 4) is 0 Å². The number of Topliss-reactive ketones (excluding diaryl/α,β-unsaturated/α-hetero) is 1. The van der Waals surface area contributed by atoms with Gasteiger partial charge in [0.25, 0.3) is 11.5 Å². The van der Waals surface area contributed by atoms with E-state index < -0.39 is 34.2 Å². The fraction of sp³-hybridized carbons (Fsp3) is 0.136. The molecule has 8 nitrogen and oxygen atoms in total. The zero-order valence-corrected chi connectivity index (χ0v) is 17.7. The van der Waals surface area contributed by atoms with Gasteiger partial charge >= 0.3 is 5.91 Å². The number of nitro groups is 1. The van der Waals surface area contributed by atoms with Gasteiger partial charge in [-0.3, -0.25) is 24.6 Å². The van der Waals surface area contributed by atoms with Crippen LogP contribution in [0.4, 0.5) is 15.2 Å². The van der Waals surface area contributed by atoms with Gasteiger partial charge in [0, 0.05) is 22.6 Å². The predicted molar refractivity (Wildman–Crippen MR) is 116 cm³/mol. The third-order valence-electron chi connectivity index (χ3n) is 5.21. The van der Waals surface area contributed by atoms with Crippen LogP contribution >= 0.6 is 11.3 Å². The Morgan fingerprint density at radius 2 is 1.75 bits per heavy atom. The highest BCUT2D eigenvalue weighted by atomic mass is 32.1. The highest BCUT2D eigenvalue weighted by molar-refractivity contribution is 7.16. The summed E-state index contributed by atoms with van der Waals surface area (Å²) >= 11 is 1.22. The molecule has 4 rings (SSSR count). The Morgan fingerprint density at radius 1 is 1.12 bits per heavy atom. The second kappa shape index (κ2) is 7.97. The Labute approximate surface area is 185 Å². The Morgan fingerprint density at radius 3 is 2.28 bits per heavy atom. The first-order valence-corrected chi connectivity index (χ1v) is 10.3. The molecule has 1 N–H and O–H groups in total. The highest BCUT2D eigenvalue weighted by Gasteiger charge is 2.48. The van der Waals surface area contributed by atoms with Crippen LogP contribution in [0.2, 0.25) is 0 Å². The van der Waals surface area contributed by atoms with Crippen LogP contribution in [0.15, 0.2) is 54.1 Å². The van der Waals surface area contributed by atoms with Gasteiger partial charge in [-0.2, -0.15) is 0 Å². The molecule has 0 saturated carbocycles. The van der Waals surface area contributed by atoms with E-state index in [1.807, 2.05) is 6.92 Å². The van der Waals surface area contributed by atoms with Crippen molar-refractivity contribution in [3.63, 3.8) is 0 Å². The number of aliphatic hydroxyl groups is 1. The van der Waals surface area contributed by atoms with Crippen molar-refractivity contribution < 1.29 is 24.0 Å². The molecular weight excluding hydrogens is 437 g/mol. The number of nitrogens with zero attached hydrogens (tertiary/aromatic N) is 3. The minimum Gasteiger partial charge on any atom is -0.507 e. The molecule has 32 heavy (non-hydrogen) atoms. The maximum atomic E-state index is 13.3. The van der Waals surface area contributed by atoms with Crippen LogP contribution < -0.4 is 4.90 Å². The molecule has 3 aromatic rings. The minimum absolute atomic E-state index is 0.155. The molecule has 1 aliphatic rings. The van der Waals surface area contributed by atoms with Gasteiger partial charge in [-0.25, -0.2) is 9.37 Å². The van der Waals surface area contributed by atoms with Crippen LogP contribution in [0.5, 0.6) is 0 Å². The lowest BCUT2D eigenvalue weighted by Crippen LogP contribution is -2.29. The number of thiazole rings is 1. The number of benzene rings is 2. The zero-order valence-electron chi connectivity index (χ0n) is 16.9. The van der Waals surface area contributed by atoms with Gasteiger partial charge in [-0.1, -0.05) is 0 Å². The zero-order chi connectivity index (χ0) is 23.2. The van der Waals surface area contributed by atoms with Crippen LogP contribution in [0.1, 0.15) is 27.7 Å². The van der Waals surface area contributed by atoms with Crippen molar-refractivity contribution in [3.05, 3.63) is 91.7 Å². The summed E-state index contributed by atoms with van der Waals surface area (Å²) in [5.41, 5.74) is 0.853. The third kappa shape index (κ3) is 3.54. The maximum absolute atomic E-state index is 13.3. The lowest BCUT2D eigenvalue weighted by molar-refractivity contribution is -0.384. The average molecular weight is 453 g/mol. The number of ketones is 1. The van der Waals surface area contributed by atoms with Crippen LogP contribution in [-0.4, -0.2) is 26.7 Å². The van der Waals surface area contributed by atoms with Crippen LogP contribution in [-0.2, 0) is 9.59 Å². The number of halogens is 1. The molecule has 0 radical (unpaired) electrons. The summed E-state index contributed by atoms with van der Waals surface area (Å²) in [6.07, 6.45) is 0. The molecule has 1 unspecified atom stereocenters. The molecule has 162 valence electrons. The lowest BCUT2D eigenvalue weighted by Gasteiger charge is -2.23. The Hall–Kier alpha value is -3.92. The van der Waals surface area contributed by atoms with Gasteiger partial charge in [0.1, 0.15) is 11.6 Å². The molecule has 10 heteroatoms. The molecule has 2 heterocycles. The number of hydrogen-bond donors (Lipinski definition) is 1. The number of rotatable bonds is 4. The molecule has 1 fully saturated rings. The van der Waals surface area contributed by atoms with E-state index in [-0.39, 0.29) is 22.0 Å². The lowest BCUT2D eigenvalue weighted by atomic mass is 9.95. The van der Waals surface area contributed by atoms with Crippen molar-refractivity contribution in [2.75, 3.05) is 4.90 Å². The molecule has 1 aromatic heterocycles. The number of anilines is 1. The van der Waals surface area contributed by atoms with Gasteiger partial charge in [-0.15, -0.1) is 11.3 Å². The highest BCUT2D eigenvalue weighted by Crippen LogP contribution is 2.43. The summed E-state index contributed by atoms with van der Waals surface area (Å²) in [6.45, 7) is 3.60. The average Bonchev–Trinajstić information content (AvgIpc) is 3.23. The Bertz CT molecular complexity index is 1260. The first kappa shape index (κ1) is 21.3. The Balaban J connectivity index is 1.93. The van der Waals surface area contributed by atoms with E-state index >= 15 is 0 Å². The van der Waals surface area contributed by atoms with E-state index in [2.05, 4.69) is 4.98 Å². The fourth-order valence-electron chi connectivity index (χ4n) is 3.45. The van der Waals surface area contributed by atoms with E-state index in [1.54, 1.807) is 6.92 Å². The largest absolute Gasteiger partial charge is 0.507 e. The quantitative estimate of drug-likeness (QED) is 0.205. The van der Waals surface area contributed by atoms with Crippen LogP contribution in [0, 0.1) is 29.8 Å². The van der Waals surface area contributed by atoms with Crippen molar-refractivity contribution >= 4 is 39.6 Å². The molecule has 0 aliphatic carbocycles. The number of non-ortho nitro benzene ring substituents is 1. The molecule has 0 bridgehead atoms. The van der Waals surface area contributed by atoms with E-state index in [1.165, 1.54) is 52.6 Å². The number of carbonyl (C=O) groups is 2. The first-order chi connectivity index (χ1) is 15.2. The fourth-order valence-corrected chi connectivity index (χ4v) is 4.38. The first-order valence-electron chi connectivity index (χ1n) is 9.44. The van der Waals surface area contributed by atoms with Crippen molar-refractivity contribution in [1.82, 2.24) is 4.98 Å². The summed E-state index contributed by atoms with van der Waals surface area (Å²) in [6, 6.07) is 9.13. The summed E-state index contributed by atoms with van der Waals surface area (Å²) in [5.74, 6) is -2.81. The van der Waals surface area contributed by atoms with E-state index in [0.29, 0.717) is 11.3 Å². The summed E-state index contributed by atoms with van der Waals surface area (Å²) in [5, 5.41) is 22.2. The van der Waals surface area contributed by atoms with Crippen LogP contribution in [0.25, 0.3) is 5.76 Å². The number of aryl methyl sites for hydroxylation is 2. The number of nitro benzene ring substituents is 1. The molecule has 1 aliphatic heterocycles. The topological polar surface area (TPSA) is 114 Å². The third-order valence-corrected chi connectivity index (χ3v) is 6.28.